The molecule has 5 nitrogen and oxygen atoms in total. The lowest BCUT2D eigenvalue weighted by Crippen LogP contribution is -2.13. The van der Waals surface area contributed by atoms with Gasteiger partial charge < -0.3 is 21.1 Å². The summed E-state index contributed by atoms with van der Waals surface area (Å²) in [6.07, 6.45) is 0. The molecule has 0 aliphatic carbocycles. The number of rotatable bonds is 6. The normalized spacial score (nSPS) is 10.6. The summed E-state index contributed by atoms with van der Waals surface area (Å²) >= 11 is 0. The second-order valence-electron chi connectivity index (χ2n) is 4.50. The largest absolute Gasteiger partial charge is 0.395 e. The maximum Gasteiger partial charge on any atom is 0.137 e. The highest BCUT2D eigenvalue weighted by molar-refractivity contribution is 6.02. The number of aliphatic hydroxyl groups excluding tert-OH is 1. The van der Waals surface area contributed by atoms with E-state index in [4.69, 9.17) is 10.5 Å². The van der Waals surface area contributed by atoms with E-state index in [1.54, 1.807) is 14.0 Å². The molecule has 0 atom stereocenters. The molecule has 0 bridgehead atoms. The van der Waals surface area contributed by atoms with Crippen molar-refractivity contribution < 1.29 is 5.11 Å². The average Bonchev–Trinajstić information content (AvgIpc) is 2.34. The van der Waals surface area contributed by atoms with Gasteiger partial charge in [0, 0.05) is 24.9 Å². The summed E-state index contributed by atoms with van der Waals surface area (Å²) in [7, 11) is 1.80. The predicted molar refractivity (Wildman–Crippen MR) is 76.0 cm³/mol. The van der Waals surface area contributed by atoms with Crippen molar-refractivity contribution in [3.05, 3.63) is 17.2 Å². The van der Waals surface area contributed by atoms with Crippen molar-refractivity contribution in [2.45, 2.75) is 26.7 Å². The Hall–Kier alpha value is -1.62. The standard InChI is InChI=1S/C13H22N4O/c1-8(2)10-7-11(16-5-6-18)17-13(15-4)12(10)9(3)14/h7-8,14,18H,5-6H2,1-4H3,(H2,15,16,17). The number of hydrogen-bond donors (Lipinski definition) is 4. The van der Waals surface area contributed by atoms with Gasteiger partial charge in [-0.15, -0.1) is 0 Å². The number of nitrogens with one attached hydrogen (secondary N) is 3. The Morgan fingerprint density at radius 1 is 1.50 bits per heavy atom. The molecule has 18 heavy (non-hydrogen) atoms. The van der Waals surface area contributed by atoms with Crippen molar-refractivity contribution in [1.82, 2.24) is 4.98 Å². The van der Waals surface area contributed by atoms with Crippen LogP contribution in [0.1, 0.15) is 37.8 Å². The molecule has 0 radical (unpaired) electrons. The number of aromatic nitrogens is 1. The van der Waals surface area contributed by atoms with Crippen LogP contribution >= 0.6 is 0 Å². The second-order valence-corrected chi connectivity index (χ2v) is 4.50. The molecule has 0 fully saturated rings. The Labute approximate surface area is 108 Å². The summed E-state index contributed by atoms with van der Waals surface area (Å²) in [5.41, 5.74) is 2.45. The third-order valence-corrected chi connectivity index (χ3v) is 2.70. The molecule has 0 aliphatic heterocycles. The molecule has 1 aromatic heterocycles. The van der Waals surface area contributed by atoms with Gasteiger partial charge in [0.05, 0.1) is 6.61 Å². The third-order valence-electron chi connectivity index (χ3n) is 2.70. The Bertz CT molecular complexity index is 429. The van der Waals surface area contributed by atoms with Gasteiger partial charge in [0.2, 0.25) is 0 Å². The van der Waals surface area contributed by atoms with E-state index in [2.05, 4.69) is 29.5 Å². The van der Waals surface area contributed by atoms with Crippen LogP contribution in [0, 0.1) is 5.41 Å². The van der Waals surface area contributed by atoms with Crippen LogP contribution in [0.15, 0.2) is 6.07 Å². The quantitative estimate of drug-likeness (QED) is 0.582. The predicted octanol–water partition coefficient (Wildman–Crippen LogP) is 2.04. The maximum atomic E-state index is 8.84. The van der Waals surface area contributed by atoms with E-state index in [1.807, 2.05) is 6.07 Å². The Morgan fingerprint density at radius 2 is 2.17 bits per heavy atom. The van der Waals surface area contributed by atoms with Gasteiger partial charge in [0.1, 0.15) is 11.6 Å². The Kier molecular flexibility index (Phi) is 5.09. The average molecular weight is 250 g/mol. The van der Waals surface area contributed by atoms with Gasteiger partial charge in [0.25, 0.3) is 0 Å². The third kappa shape index (κ3) is 3.20. The molecule has 5 heteroatoms. The zero-order valence-electron chi connectivity index (χ0n) is 11.5. The van der Waals surface area contributed by atoms with E-state index in [0.29, 0.717) is 24.0 Å². The topological polar surface area (TPSA) is 81.0 Å². The summed E-state index contributed by atoms with van der Waals surface area (Å²) in [5, 5.41) is 22.8. The van der Waals surface area contributed by atoms with E-state index in [-0.39, 0.29) is 6.61 Å². The highest BCUT2D eigenvalue weighted by Gasteiger charge is 2.15. The number of anilines is 2. The van der Waals surface area contributed by atoms with Gasteiger partial charge in [-0.05, 0) is 24.5 Å². The first-order valence-corrected chi connectivity index (χ1v) is 6.14. The fraction of sp³-hybridized carbons (Fsp3) is 0.538. The van der Waals surface area contributed by atoms with Gasteiger partial charge in [0.15, 0.2) is 0 Å². The van der Waals surface area contributed by atoms with Gasteiger partial charge in [-0.3, -0.25) is 0 Å². The van der Waals surface area contributed by atoms with Crippen molar-refractivity contribution in [2.24, 2.45) is 0 Å². The van der Waals surface area contributed by atoms with Crippen LogP contribution < -0.4 is 10.6 Å². The van der Waals surface area contributed by atoms with E-state index >= 15 is 0 Å². The van der Waals surface area contributed by atoms with Crippen LogP contribution in [0.3, 0.4) is 0 Å². The minimum absolute atomic E-state index is 0.0684. The summed E-state index contributed by atoms with van der Waals surface area (Å²) < 4.78 is 0. The first kappa shape index (κ1) is 14.4. The van der Waals surface area contributed by atoms with Crippen LogP contribution in [-0.2, 0) is 0 Å². The van der Waals surface area contributed by atoms with Crippen LogP contribution in [-0.4, -0.2) is 36.0 Å². The summed E-state index contributed by atoms with van der Waals surface area (Å²) in [6, 6.07) is 1.95. The Balaban J connectivity index is 3.29. The van der Waals surface area contributed by atoms with Gasteiger partial charge in [-0.25, -0.2) is 4.98 Å². The number of pyridine rings is 1. The molecular formula is C13H22N4O. The molecule has 1 rings (SSSR count). The SMILES string of the molecule is CNc1nc(NCCO)cc(C(C)C)c1C(C)=N. The minimum atomic E-state index is 0.0684. The summed E-state index contributed by atoms with van der Waals surface area (Å²) in [6.45, 7) is 6.49. The maximum absolute atomic E-state index is 8.84. The van der Waals surface area contributed by atoms with Crippen molar-refractivity contribution in [3.8, 4) is 0 Å². The highest BCUT2D eigenvalue weighted by atomic mass is 16.3. The smallest absolute Gasteiger partial charge is 0.137 e. The second kappa shape index (κ2) is 6.35. The molecule has 100 valence electrons. The van der Waals surface area contributed by atoms with Gasteiger partial charge in [-0.1, -0.05) is 13.8 Å². The number of aliphatic hydroxyl groups is 1. The van der Waals surface area contributed by atoms with E-state index in [9.17, 15) is 0 Å². The van der Waals surface area contributed by atoms with Crippen molar-refractivity contribution in [3.63, 3.8) is 0 Å². The number of hydrogen-bond acceptors (Lipinski definition) is 5. The van der Waals surface area contributed by atoms with Crippen molar-refractivity contribution in [1.29, 1.82) is 5.41 Å². The van der Waals surface area contributed by atoms with Crippen molar-refractivity contribution in [2.75, 3.05) is 30.8 Å². The fourth-order valence-corrected chi connectivity index (χ4v) is 1.87. The molecule has 1 aromatic rings. The van der Waals surface area contributed by atoms with Crippen LogP contribution in [0.25, 0.3) is 0 Å². The lowest BCUT2D eigenvalue weighted by Gasteiger charge is -2.18. The van der Waals surface area contributed by atoms with Crippen molar-refractivity contribution >= 4 is 17.3 Å². The molecule has 0 aromatic carbocycles. The lowest BCUT2D eigenvalue weighted by molar-refractivity contribution is 0.311. The molecule has 0 unspecified atom stereocenters. The molecule has 0 saturated carbocycles. The molecule has 0 aliphatic rings. The Morgan fingerprint density at radius 3 is 2.61 bits per heavy atom. The van der Waals surface area contributed by atoms with Gasteiger partial charge in [-0.2, -0.15) is 0 Å². The highest BCUT2D eigenvalue weighted by Crippen LogP contribution is 2.28. The van der Waals surface area contributed by atoms with Crippen LogP contribution in [0.4, 0.5) is 11.6 Å². The van der Waals surface area contributed by atoms with Crippen LogP contribution in [0.2, 0.25) is 0 Å². The number of nitrogens with zero attached hydrogens (tertiary/aromatic N) is 1. The van der Waals surface area contributed by atoms with E-state index < -0.39 is 0 Å². The molecule has 0 spiro atoms. The summed E-state index contributed by atoms with van der Waals surface area (Å²) in [4.78, 5) is 4.42. The monoisotopic (exact) mass is 250 g/mol. The van der Waals surface area contributed by atoms with Crippen LogP contribution in [0.5, 0.6) is 0 Å². The van der Waals surface area contributed by atoms with E-state index in [1.165, 1.54) is 0 Å². The summed E-state index contributed by atoms with van der Waals surface area (Å²) in [5.74, 6) is 1.74. The first-order valence-electron chi connectivity index (χ1n) is 6.14. The molecule has 1 heterocycles. The minimum Gasteiger partial charge on any atom is -0.395 e. The zero-order chi connectivity index (χ0) is 13.7. The molecule has 0 saturated heterocycles. The zero-order valence-corrected chi connectivity index (χ0v) is 11.5. The first-order chi connectivity index (χ1) is 8.51. The fourth-order valence-electron chi connectivity index (χ4n) is 1.87. The lowest BCUT2D eigenvalue weighted by atomic mass is 9.95. The van der Waals surface area contributed by atoms with Gasteiger partial charge >= 0.3 is 0 Å². The molecule has 4 N–H and O–H groups in total. The molecule has 0 amide bonds. The molecular weight excluding hydrogens is 228 g/mol. The van der Waals surface area contributed by atoms with E-state index in [0.717, 1.165) is 16.9 Å².